The first kappa shape index (κ1) is 12.2. The molecule has 0 aliphatic carbocycles. The number of alkyl halides is 1. The molecular formula is C7H16ClN3O2S. The van der Waals surface area contributed by atoms with Gasteiger partial charge in [0.15, 0.2) is 0 Å². The Kier molecular flexibility index (Phi) is 4.59. The second-order valence-corrected chi connectivity index (χ2v) is 5.59. The maximum atomic E-state index is 11.3. The number of rotatable bonds is 4. The summed E-state index contributed by atoms with van der Waals surface area (Å²) >= 11 is 5.38. The summed E-state index contributed by atoms with van der Waals surface area (Å²) in [5, 5.41) is 1.72. The van der Waals surface area contributed by atoms with Crippen molar-refractivity contribution in [3.05, 3.63) is 0 Å². The highest BCUT2D eigenvalue weighted by atomic mass is 35.5. The smallest absolute Gasteiger partial charge is 0.225 e. The SMILES string of the molecule is CN1CCN(NS(=O)(=O)CCCl)CC1. The highest BCUT2D eigenvalue weighted by Crippen LogP contribution is 1.98. The first-order valence-corrected chi connectivity index (χ1v) is 6.72. The number of hydrazine groups is 1. The van der Waals surface area contributed by atoms with Crippen LogP contribution in [-0.2, 0) is 10.0 Å². The first-order chi connectivity index (χ1) is 6.53. The summed E-state index contributed by atoms with van der Waals surface area (Å²) < 4.78 is 22.7. The van der Waals surface area contributed by atoms with E-state index < -0.39 is 10.0 Å². The average Bonchev–Trinajstić information content (AvgIpc) is 2.08. The summed E-state index contributed by atoms with van der Waals surface area (Å²) in [4.78, 5) is 4.67. The summed E-state index contributed by atoms with van der Waals surface area (Å²) in [6, 6.07) is 0. The Morgan fingerprint density at radius 2 is 1.86 bits per heavy atom. The molecule has 7 heteroatoms. The van der Waals surface area contributed by atoms with Crippen LogP contribution in [0.5, 0.6) is 0 Å². The molecule has 5 nitrogen and oxygen atoms in total. The van der Waals surface area contributed by atoms with E-state index in [1.54, 1.807) is 5.01 Å². The largest absolute Gasteiger partial charge is 0.304 e. The topological polar surface area (TPSA) is 52.6 Å². The van der Waals surface area contributed by atoms with E-state index in [2.05, 4.69) is 9.73 Å². The number of likely N-dealkylation sites (N-methyl/N-ethyl adjacent to an activating group) is 1. The Labute approximate surface area is 90.0 Å². The summed E-state index contributed by atoms with van der Waals surface area (Å²) in [5.74, 6) is 0.101. The van der Waals surface area contributed by atoms with E-state index in [0.717, 1.165) is 26.2 Å². The van der Waals surface area contributed by atoms with Crippen molar-refractivity contribution in [1.29, 1.82) is 0 Å². The Balaban J connectivity index is 2.37. The van der Waals surface area contributed by atoms with Crippen LogP contribution < -0.4 is 4.83 Å². The quantitative estimate of drug-likeness (QED) is 0.662. The van der Waals surface area contributed by atoms with Gasteiger partial charge in [0.05, 0.1) is 5.75 Å². The van der Waals surface area contributed by atoms with Gasteiger partial charge in [-0.05, 0) is 7.05 Å². The lowest BCUT2D eigenvalue weighted by atomic mass is 10.4. The first-order valence-electron chi connectivity index (χ1n) is 4.53. The van der Waals surface area contributed by atoms with Gasteiger partial charge >= 0.3 is 0 Å². The van der Waals surface area contributed by atoms with Gasteiger partial charge in [-0.25, -0.2) is 13.4 Å². The van der Waals surface area contributed by atoms with Crippen molar-refractivity contribution in [3.63, 3.8) is 0 Å². The second-order valence-electron chi connectivity index (χ2n) is 3.39. The molecular weight excluding hydrogens is 226 g/mol. The summed E-state index contributed by atoms with van der Waals surface area (Å²) in [6.45, 7) is 3.20. The Morgan fingerprint density at radius 3 is 2.36 bits per heavy atom. The standard InChI is InChI=1S/C7H16ClN3O2S/c1-10-3-5-11(6-4-10)9-14(12,13)7-2-8/h9H,2-7H2,1H3. The molecule has 1 rings (SSSR count). The van der Waals surface area contributed by atoms with Crippen LogP contribution in [0.1, 0.15) is 0 Å². The molecule has 0 bridgehead atoms. The zero-order chi connectivity index (χ0) is 10.6. The monoisotopic (exact) mass is 241 g/mol. The van der Waals surface area contributed by atoms with Crippen LogP contribution in [0.15, 0.2) is 0 Å². The number of nitrogens with zero attached hydrogens (tertiary/aromatic N) is 2. The minimum atomic E-state index is -3.22. The molecule has 1 N–H and O–H groups in total. The minimum Gasteiger partial charge on any atom is -0.304 e. The lowest BCUT2D eigenvalue weighted by Crippen LogP contribution is -2.52. The number of hydrogen-bond acceptors (Lipinski definition) is 4. The van der Waals surface area contributed by atoms with Crippen molar-refractivity contribution in [2.45, 2.75) is 0 Å². The number of hydrogen-bond donors (Lipinski definition) is 1. The fourth-order valence-corrected chi connectivity index (χ4v) is 2.72. The van der Waals surface area contributed by atoms with Crippen molar-refractivity contribution >= 4 is 21.6 Å². The molecule has 84 valence electrons. The molecule has 0 saturated carbocycles. The summed E-state index contributed by atoms with van der Waals surface area (Å²) in [6.07, 6.45) is 0. The zero-order valence-electron chi connectivity index (χ0n) is 8.24. The van der Waals surface area contributed by atoms with E-state index in [1.165, 1.54) is 0 Å². The van der Waals surface area contributed by atoms with Crippen molar-refractivity contribution in [2.75, 3.05) is 44.9 Å². The van der Waals surface area contributed by atoms with Crippen LogP contribution in [0.4, 0.5) is 0 Å². The van der Waals surface area contributed by atoms with Gasteiger partial charge in [0, 0.05) is 32.1 Å². The lowest BCUT2D eigenvalue weighted by molar-refractivity contribution is 0.135. The van der Waals surface area contributed by atoms with E-state index in [9.17, 15) is 8.42 Å². The maximum Gasteiger partial charge on any atom is 0.225 e. The molecule has 0 radical (unpaired) electrons. The van der Waals surface area contributed by atoms with Crippen molar-refractivity contribution < 1.29 is 8.42 Å². The fourth-order valence-electron chi connectivity index (χ4n) is 1.24. The van der Waals surface area contributed by atoms with E-state index in [-0.39, 0.29) is 11.6 Å². The van der Waals surface area contributed by atoms with Crippen LogP contribution in [0.25, 0.3) is 0 Å². The molecule has 1 aliphatic rings. The number of nitrogens with one attached hydrogen (secondary N) is 1. The Bertz CT molecular complexity index is 262. The van der Waals surface area contributed by atoms with Crippen LogP contribution >= 0.6 is 11.6 Å². The zero-order valence-corrected chi connectivity index (χ0v) is 9.81. The molecule has 0 amide bonds. The van der Waals surface area contributed by atoms with E-state index in [4.69, 9.17) is 11.6 Å². The van der Waals surface area contributed by atoms with Gasteiger partial charge in [0.1, 0.15) is 0 Å². The third kappa shape index (κ3) is 4.10. The van der Waals surface area contributed by atoms with Crippen LogP contribution in [0.3, 0.4) is 0 Å². The molecule has 0 atom stereocenters. The van der Waals surface area contributed by atoms with E-state index in [1.807, 2.05) is 7.05 Å². The molecule has 0 aromatic heterocycles. The second kappa shape index (κ2) is 5.27. The van der Waals surface area contributed by atoms with E-state index in [0.29, 0.717) is 0 Å². The predicted molar refractivity (Wildman–Crippen MR) is 56.7 cm³/mol. The lowest BCUT2D eigenvalue weighted by Gasteiger charge is -2.31. The summed E-state index contributed by atoms with van der Waals surface area (Å²) in [7, 11) is -1.20. The van der Waals surface area contributed by atoms with Gasteiger partial charge < -0.3 is 4.90 Å². The molecule has 0 spiro atoms. The van der Waals surface area contributed by atoms with Gasteiger partial charge in [-0.1, -0.05) is 0 Å². The molecule has 0 unspecified atom stereocenters. The molecule has 1 aliphatic heterocycles. The molecule has 1 saturated heterocycles. The van der Waals surface area contributed by atoms with Gasteiger partial charge in [-0.3, -0.25) is 0 Å². The van der Waals surface area contributed by atoms with Gasteiger partial charge in [-0.15, -0.1) is 16.4 Å². The molecule has 0 aromatic carbocycles. The molecule has 0 aromatic rings. The number of piperazine rings is 1. The van der Waals surface area contributed by atoms with Crippen LogP contribution in [0, 0.1) is 0 Å². The normalized spacial score (nSPS) is 21.3. The number of halogens is 1. The van der Waals surface area contributed by atoms with Crippen molar-refractivity contribution in [1.82, 2.24) is 14.7 Å². The summed E-state index contributed by atoms with van der Waals surface area (Å²) in [5.41, 5.74) is 0. The fraction of sp³-hybridized carbons (Fsp3) is 1.00. The Hall–Kier alpha value is 0.120. The van der Waals surface area contributed by atoms with Crippen LogP contribution in [-0.4, -0.2) is 63.2 Å². The average molecular weight is 242 g/mol. The van der Waals surface area contributed by atoms with Gasteiger partial charge in [-0.2, -0.15) is 0 Å². The minimum absolute atomic E-state index is 0.0269. The third-order valence-electron chi connectivity index (χ3n) is 2.12. The van der Waals surface area contributed by atoms with Crippen LogP contribution in [0.2, 0.25) is 0 Å². The van der Waals surface area contributed by atoms with Crippen molar-refractivity contribution in [3.8, 4) is 0 Å². The van der Waals surface area contributed by atoms with Crippen molar-refractivity contribution in [2.24, 2.45) is 0 Å². The predicted octanol–water partition coefficient (Wildman–Crippen LogP) is -0.693. The van der Waals surface area contributed by atoms with Gasteiger partial charge in [0.25, 0.3) is 0 Å². The van der Waals surface area contributed by atoms with Gasteiger partial charge in [0.2, 0.25) is 10.0 Å². The molecule has 1 fully saturated rings. The molecule has 1 heterocycles. The highest BCUT2D eigenvalue weighted by Gasteiger charge is 2.18. The highest BCUT2D eigenvalue weighted by molar-refractivity contribution is 7.89. The number of sulfonamides is 1. The van der Waals surface area contributed by atoms with E-state index >= 15 is 0 Å². The molecule has 14 heavy (non-hydrogen) atoms. The maximum absolute atomic E-state index is 11.3. The third-order valence-corrected chi connectivity index (χ3v) is 3.81. The Morgan fingerprint density at radius 1 is 1.29 bits per heavy atom.